The minimum atomic E-state index is -4.61. The van der Waals surface area contributed by atoms with Crippen molar-refractivity contribution in [3.05, 3.63) is 57.3 Å². The lowest BCUT2D eigenvalue weighted by molar-refractivity contribution is -0.137. The molecule has 0 unspecified atom stereocenters. The molecule has 2 N–H and O–H groups in total. The number of alkyl halides is 3. The Kier molecular flexibility index (Phi) is 7.38. The van der Waals surface area contributed by atoms with Crippen LogP contribution in [0, 0.1) is 5.92 Å². The van der Waals surface area contributed by atoms with Crippen LogP contribution in [0.3, 0.4) is 0 Å². The third-order valence-electron chi connectivity index (χ3n) is 5.89. The molecule has 10 heteroatoms. The van der Waals surface area contributed by atoms with Gasteiger partial charge in [0.15, 0.2) is 0 Å². The summed E-state index contributed by atoms with van der Waals surface area (Å²) in [6.07, 6.45) is -1.64. The molecule has 0 atom stereocenters. The van der Waals surface area contributed by atoms with Crippen LogP contribution >= 0.6 is 23.4 Å². The monoisotopic (exact) mass is 524 g/mol. The van der Waals surface area contributed by atoms with E-state index in [1.807, 2.05) is 6.92 Å². The van der Waals surface area contributed by atoms with E-state index in [1.54, 1.807) is 4.90 Å². The number of rotatable bonds is 8. The first kappa shape index (κ1) is 25.4. The number of H-pyrrole nitrogens is 1. The van der Waals surface area contributed by atoms with E-state index in [-0.39, 0.29) is 49.4 Å². The second-order valence-electron chi connectivity index (χ2n) is 8.65. The van der Waals surface area contributed by atoms with Gasteiger partial charge in [0.25, 0.3) is 5.56 Å². The van der Waals surface area contributed by atoms with Crippen LogP contribution in [0.5, 0.6) is 5.75 Å². The fraction of sp³-hybridized carbons (Fsp3) is 0.360. The molecule has 1 fully saturated rings. The molecule has 1 aromatic heterocycles. The Balaban J connectivity index is 1.82. The number of amides is 1. The lowest BCUT2D eigenvalue weighted by Crippen LogP contribution is -2.35. The van der Waals surface area contributed by atoms with Gasteiger partial charge in [-0.15, -0.1) is 11.8 Å². The van der Waals surface area contributed by atoms with Gasteiger partial charge in [0.1, 0.15) is 5.75 Å². The molecule has 186 valence electrons. The van der Waals surface area contributed by atoms with E-state index in [1.165, 1.54) is 24.3 Å². The molecule has 1 saturated carbocycles. The Hall–Kier alpha value is -2.65. The van der Waals surface area contributed by atoms with Gasteiger partial charge in [-0.1, -0.05) is 18.5 Å². The number of nitrogens with zero attached hydrogens (tertiary/aromatic N) is 1. The molecule has 0 saturated heterocycles. The van der Waals surface area contributed by atoms with Crippen LogP contribution in [0.15, 0.2) is 46.1 Å². The number of benzene rings is 2. The second-order valence-corrected chi connectivity index (χ2v) is 10.1. The number of hydrogen-bond acceptors (Lipinski definition) is 4. The highest BCUT2D eigenvalue weighted by Gasteiger charge is 2.32. The predicted molar refractivity (Wildman–Crippen MR) is 132 cm³/mol. The number of hydrogen-bond donors (Lipinski definition) is 2. The number of carbonyl (C=O) groups is 1. The van der Waals surface area contributed by atoms with E-state index in [9.17, 15) is 27.9 Å². The Morgan fingerprint density at radius 1 is 1.23 bits per heavy atom. The van der Waals surface area contributed by atoms with Crippen LogP contribution < -0.4 is 5.56 Å². The van der Waals surface area contributed by atoms with E-state index in [0.717, 1.165) is 43.2 Å². The van der Waals surface area contributed by atoms with Crippen molar-refractivity contribution in [2.24, 2.45) is 5.92 Å². The number of halogens is 4. The highest BCUT2D eigenvalue weighted by Crippen LogP contribution is 2.42. The van der Waals surface area contributed by atoms with Gasteiger partial charge in [-0.25, -0.2) is 0 Å². The van der Waals surface area contributed by atoms with Gasteiger partial charge in [-0.2, -0.15) is 13.2 Å². The quantitative estimate of drug-likeness (QED) is 0.338. The summed E-state index contributed by atoms with van der Waals surface area (Å²) in [7, 11) is 0. The van der Waals surface area contributed by atoms with Crippen LogP contribution in [-0.4, -0.2) is 39.7 Å². The standard InChI is InChI=1S/C25H24ClF3N2O3S/c1-2-9-31(12-14-3-4-14)21(33)13-35-23-22(18-11-16(26)6-8-20(18)32)17-10-15(25(27,28)29)5-7-19(17)30-24(23)34/h5-8,10-11,14,32H,2-4,9,12-13H2,1H3,(H,30,34). The Morgan fingerprint density at radius 3 is 2.63 bits per heavy atom. The van der Waals surface area contributed by atoms with E-state index < -0.39 is 17.3 Å². The fourth-order valence-corrected chi connectivity index (χ4v) is 5.16. The van der Waals surface area contributed by atoms with Gasteiger partial charge in [0, 0.05) is 40.1 Å². The van der Waals surface area contributed by atoms with Crippen LogP contribution in [0.1, 0.15) is 31.7 Å². The van der Waals surface area contributed by atoms with Crippen molar-refractivity contribution >= 4 is 40.2 Å². The smallest absolute Gasteiger partial charge is 0.416 e. The molecule has 0 radical (unpaired) electrons. The van der Waals surface area contributed by atoms with Gasteiger partial charge >= 0.3 is 6.18 Å². The topological polar surface area (TPSA) is 73.4 Å². The van der Waals surface area contributed by atoms with Gasteiger partial charge in [0.05, 0.1) is 16.2 Å². The molecule has 5 nitrogen and oxygen atoms in total. The zero-order chi connectivity index (χ0) is 25.3. The molecule has 1 aliphatic carbocycles. The Bertz CT molecular complexity index is 1320. The highest BCUT2D eigenvalue weighted by molar-refractivity contribution is 8.00. The minimum Gasteiger partial charge on any atom is -0.507 e. The maximum absolute atomic E-state index is 13.5. The van der Waals surface area contributed by atoms with Crippen molar-refractivity contribution in [1.29, 1.82) is 0 Å². The SMILES string of the molecule is CCCN(CC1CC1)C(=O)CSc1c(-c2cc(Cl)ccc2O)c2cc(C(F)(F)F)ccc2[nH]c1=O. The first-order valence-corrected chi connectivity index (χ1v) is 12.6. The summed E-state index contributed by atoms with van der Waals surface area (Å²) in [6, 6.07) is 7.15. The van der Waals surface area contributed by atoms with Crippen molar-refractivity contribution in [1.82, 2.24) is 9.88 Å². The molecule has 1 heterocycles. The fourth-order valence-electron chi connectivity index (χ4n) is 3.99. The molecule has 0 aliphatic heterocycles. The summed E-state index contributed by atoms with van der Waals surface area (Å²) in [5, 5.41) is 10.9. The number of aromatic hydroxyl groups is 1. The highest BCUT2D eigenvalue weighted by atomic mass is 35.5. The maximum atomic E-state index is 13.5. The molecule has 35 heavy (non-hydrogen) atoms. The average molecular weight is 525 g/mol. The molecule has 0 bridgehead atoms. The third-order valence-corrected chi connectivity index (χ3v) is 7.19. The van der Waals surface area contributed by atoms with E-state index in [0.29, 0.717) is 19.0 Å². The van der Waals surface area contributed by atoms with Gasteiger partial charge < -0.3 is 15.0 Å². The lowest BCUT2D eigenvalue weighted by atomic mass is 9.98. The van der Waals surface area contributed by atoms with Crippen molar-refractivity contribution in [3.8, 4) is 16.9 Å². The molecule has 3 aromatic rings. The summed E-state index contributed by atoms with van der Waals surface area (Å²) in [4.78, 5) is 30.5. The average Bonchev–Trinajstić information content (AvgIpc) is 3.62. The zero-order valence-electron chi connectivity index (χ0n) is 18.9. The summed E-state index contributed by atoms with van der Waals surface area (Å²) >= 11 is 7.08. The number of fused-ring (bicyclic) bond motifs is 1. The van der Waals surface area contributed by atoms with Gasteiger partial charge in [-0.05, 0) is 61.6 Å². The van der Waals surface area contributed by atoms with Gasteiger partial charge in [0.2, 0.25) is 5.91 Å². The van der Waals surface area contributed by atoms with Crippen LogP contribution in [0.2, 0.25) is 5.02 Å². The number of nitrogens with one attached hydrogen (secondary N) is 1. The van der Waals surface area contributed by atoms with Crippen molar-refractivity contribution in [2.45, 2.75) is 37.3 Å². The molecule has 1 aliphatic rings. The molecular formula is C25H24ClF3N2O3S. The number of phenols is 1. The summed E-state index contributed by atoms with van der Waals surface area (Å²) in [5.41, 5.74) is -1.06. The summed E-state index contributed by atoms with van der Waals surface area (Å²) in [6.45, 7) is 3.24. The number of aromatic nitrogens is 1. The van der Waals surface area contributed by atoms with Crippen LogP contribution in [-0.2, 0) is 11.0 Å². The zero-order valence-corrected chi connectivity index (χ0v) is 20.5. The number of phenolic OH excluding ortho intramolecular Hbond substituents is 1. The number of thioether (sulfide) groups is 1. The molecular weight excluding hydrogens is 501 g/mol. The molecule has 4 rings (SSSR count). The van der Waals surface area contributed by atoms with Crippen molar-refractivity contribution in [2.75, 3.05) is 18.8 Å². The second kappa shape index (κ2) is 10.1. The normalized spacial score (nSPS) is 13.9. The molecule has 2 aromatic carbocycles. The first-order chi connectivity index (χ1) is 16.6. The van der Waals surface area contributed by atoms with E-state index in [4.69, 9.17) is 11.6 Å². The third kappa shape index (κ3) is 5.78. The minimum absolute atomic E-state index is 0.0469. The molecule has 1 amide bonds. The first-order valence-electron chi connectivity index (χ1n) is 11.2. The van der Waals surface area contributed by atoms with Crippen molar-refractivity contribution in [3.63, 3.8) is 0 Å². The van der Waals surface area contributed by atoms with Crippen LogP contribution in [0.4, 0.5) is 13.2 Å². The Morgan fingerprint density at radius 2 is 1.97 bits per heavy atom. The number of pyridine rings is 1. The number of carbonyl (C=O) groups excluding carboxylic acids is 1. The summed E-state index contributed by atoms with van der Waals surface area (Å²) in [5.74, 6) is 0.0512. The van der Waals surface area contributed by atoms with Gasteiger partial charge in [-0.3, -0.25) is 9.59 Å². The van der Waals surface area contributed by atoms with E-state index in [2.05, 4.69) is 4.98 Å². The van der Waals surface area contributed by atoms with E-state index >= 15 is 0 Å². The number of aromatic amines is 1. The molecule has 0 spiro atoms. The van der Waals surface area contributed by atoms with Crippen LogP contribution in [0.25, 0.3) is 22.0 Å². The maximum Gasteiger partial charge on any atom is 0.416 e. The largest absolute Gasteiger partial charge is 0.507 e. The predicted octanol–water partition coefficient (Wildman–Crippen LogP) is 6.31. The lowest BCUT2D eigenvalue weighted by Gasteiger charge is -2.22. The van der Waals surface area contributed by atoms with Crippen molar-refractivity contribution < 1.29 is 23.1 Å². The summed E-state index contributed by atoms with van der Waals surface area (Å²) < 4.78 is 40.5. The Labute approximate surface area is 209 Å².